The molecule has 0 amide bonds. The normalized spacial score (nSPS) is 12.1. The topological polar surface area (TPSA) is 49.8 Å². The Bertz CT molecular complexity index is 537. The molecule has 0 bridgehead atoms. The van der Waals surface area contributed by atoms with Gasteiger partial charge in [0.1, 0.15) is 5.76 Å². The van der Waals surface area contributed by atoms with Crippen LogP contribution in [0.5, 0.6) is 0 Å². The van der Waals surface area contributed by atoms with Gasteiger partial charge in [0.2, 0.25) is 0 Å². The Hall–Kier alpha value is -1.73. The molecule has 0 aliphatic heterocycles. The van der Waals surface area contributed by atoms with E-state index in [2.05, 4.69) is 11.1 Å². The highest BCUT2D eigenvalue weighted by atomic mass is 32.2. The molecule has 2 aromatic rings. The van der Waals surface area contributed by atoms with Gasteiger partial charge < -0.3 is 4.42 Å². The molecule has 2 rings (SSSR count). The lowest BCUT2D eigenvalue weighted by molar-refractivity contribution is 0.431. The van der Waals surface area contributed by atoms with Crippen LogP contribution >= 0.6 is 11.8 Å². The van der Waals surface area contributed by atoms with E-state index in [1.165, 1.54) is 11.8 Å². The van der Waals surface area contributed by atoms with Crippen LogP contribution < -0.4 is 0 Å². The second kappa shape index (κ2) is 5.74. The Morgan fingerprint density at radius 1 is 1.33 bits per heavy atom. The molecule has 4 heteroatoms. The minimum absolute atomic E-state index is 0.135. The van der Waals surface area contributed by atoms with Gasteiger partial charge in [0, 0.05) is 5.75 Å². The predicted molar refractivity (Wildman–Crippen MR) is 71.5 cm³/mol. The maximum atomic E-state index is 9.20. The molecular formula is C14H14N2OS. The molecule has 1 atom stereocenters. The van der Waals surface area contributed by atoms with Gasteiger partial charge in [0.15, 0.2) is 0 Å². The first kappa shape index (κ1) is 12.7. The van der Waals surface area contributed by atoms with Crippen molar-refractivity contribution in [2.24, 2.45) is 0 Å². The first-order valence-corrected chi connectivity index (χ1v) is 6.70. The summed E-state index contributed by atoms with van der Waals surface area (Å²) in [5, 5.41) is 9.84. The summed E-state index contributed by atoms with van der Waals surface area (Å²) in [7, 11) is 0. The largest absolute Gasteiger partial charge is 0.437 e. The first-order valence-electron chi connectivity index (χ1n) is 5.72. The van der Waals surface area contributed by atoms with Gasteiger partial charge in [-0.2, -0.15) is 5.26 Å². The van der Waals surface area contributed by atoms with Gasteiger partial charge in [-0.15, -0.1) is 0 Å². The smallest absolute Gasteiger partial charge is 0.256 e. The summed E-state index contributed by atoms with van der Waals surface area (Å²) in [4.78, 5) is 4.30. The second-order valence-corrected chi connectivity index (χ2v) is 5.00. The number of hydrogen-bond donors (Lipinski definition) is 0. The third kappa shape index (κ3) is 2.93. The molecule has 92 valence electrons. The lowest BCUT2D eigenvalue weighted by Crippen LogP contribution is -1.98. The molecule has 0 saturated heterocycles. The van der Waals surface area contributed by atoms with E-state index in [-0.39, 0.29) is 5.92 Å². The highest BCUT2D eigenvalue weighted by molar-refractivity contribution is 7.99. The van der Waals surface area contributed by atoms with Crippen LogP contribution in [-0.2, 0) is 0 Å². The van der Waals surface area contributed by atoms with Crippen LogP contribution in [0.4, 0.5) is 0 Å². The number of rotatable bonds is 4. The fraction of sp³-hybridized carbons (Fsp3) is 0.286. The van der Waals surface area contributed by atoms with Crippen molar-refractivity contribution in [2.75, 3.05) is 5.75 Å². The zero-order valence-electron chi connectivity index (χ0n) is 10.4. The molecule has 3 nitrogen and oxygen atoms in total. The Balaban J connectivity index is 2.02. The molecule has 1 heterocycles. The molecule has 1 aromatic carbocycles. The van der Waals surface area contributed by atoms with Gasteiger partial charge >= 0.3 is 0 Å². The summed E-state index contributed by atoms with van der Waals surface area (Å²) >= 11 is 1.48. The zero-order chi connectivity index (χ0) is 13.0. The van der Waals surface area contributed by atoms with Crippen molar-refractivity contribution in [3.63, 3.8) is 0 Å². The van der Waals surface area contributed by atoms with Crippen LogP contribution in [0.2, 0.25) is 0 Å². The van der Waals surface area contributed by atoms with Gasteiger partial charge in [-0.1, -0.05) is 42.1 Å². The number of thioether (sulfide) groups is 1. The number of aromatic nitrogens is 1. The highest BCUT2D eigenvalue weighted by Crippen LogP contribution is 2.26. The summed E-state index contributed by atoms with van der Waals surface area (Å²) in [6, 6.07) is 12.1. The molecule has 18 heavy (non-hydrogen) atoms. The van der Waals surface area contributed by atoms with Gasteiger partial charge in [-0.05, 0) is 19.4 Å². The summed E-state index contributed by atoms with van der Waals surface area (Å²) < 4.78 is 5.49. The Kier molecular flexibility index (Phi) is 4.06. The van der Waals surface area contributed by atoms with Crippen molar-refractivity contribution >= 4 is 11.8 Å². The molecule has 1 aromatic heterocycles. The fourth-order valence-corrected chi connectivity index (χ4v) is 2.51. The van der Waals surface area contributed by atoms with Crippen molar-refractivity contribution < 1.29 is 4.42 Å². The Labute approximate surface area is 111 Å². The molecule has 0 aliphatic rings. The van der Waals surface area contributed by atoms with Crippen LogP contribution in [0.1, 0.15) is 22.9 Å². The van der Waals surface area contributed by atoms with Crippen molar-refractivity contribution in [3.8, 4) is 6.07 Å². The van der Waals surface area contributed by atoms with Gasteiger partial charge in [0.25, 0.3) is 5.22 Å². The van der Waals surface area contributed by atoms with Crippen LogP contribution in [0, 0.1) is 25.2 Å². The summed E-state index contributed by atoms with van der Waals surface area (Å²) in [5.41, 5.74) is 1.94. The van der Waals surface area contributed by atoms with Crippen molar-refractivity contribution in [1.29, 1.82) is 5.26 Å². The lowest BCUT2D eigenvalue weighted by atomic mass is 10.0. The van der Waals surface area contributed by atoms with Gasteiger partial charge in [-0.25, -0.2) is 4.98 Å². The van der Waals surface area contributed by atoms with Crippen LogP contribution in [0.3, 0.4) is 0 Å². The standard InChI is InChI=1S/C14H14N2OS/c1-10-11(2)17-14(16-10)18-9-13(8-15)12-6-4-3-5-7-12/h3-7,13H,9H2,1-2H3. The minimum Gasteiger partial charge on any atom is -0.437 e. The van der Waals surface area contributed by atoms with E-state index in [9.17, 15) is 5.26 Å². The Morgan fingerprint density at radius 2 is 2.06 bits per heavy atom. The molecule has 0 spiro atoms. The van der Waals surface area contributed by atoms with Crippen LogP contribution in [0.15, 0.2) is 40.0 Å². The van der Waals surface area contributed by atoms with Crippen molar-refractivity contribution in [1.82, 2.24) is 4.98 Å². The van der Waals surface area contributed by atoms with E-state index >= 15 is 0 Å². The van der Waals surface area contributed by atoms with Crippen molar-refractivity contribution in [3.05, 3.63) is 47.3 Å². The molecule has 0 N–H and O–H groups in total. The molecule has 1 unspecified atom stereocenters. The number of nitriles is 1. The molecule has 0 fully saturated rings. The molecular weight excluding hydrogens is 244 g/mol. The van der Waals surface area contributed by atoms with E-state index in [1.807, 2.05) is 44.2 Å². The Morgan fingerprint density at radius 3 is 2.61 bits per heavy atom. The maximum absolute atomic E-state index is 9.20. The average molecular weight is 258 g/mol. The number of aryl methyl sites for hydroxylation is 2. The van der Waals surface area contributed by atoms with E-state index < -0.39 is 0 Å². The van der Waals surface area contributed by atoms with Crippen LogP contribution in [-0.4, -0.2) is 10.7 Å². The number of hydrogen-bond acceptors (Lipinski definition) is 4. The van der Waals surface area contributed by atoms with Crippen LogP contribution in [0.25, 0.3) is 0 Å². The van der Waals surface area contributed by atoms with E-state index in [1.54, 1.807) is 0 Å². The summed E-state index contributed by atoms with van der Waals surface area (Å²) in [6.07, 6.45) is 0. The summed E-state index contributed by atoms with van der Waals surface area (Å²) in [6.45, 7) is 3.81. The SMILES string of the molecule is Cc1nc(SCC(C#N)c2ccccc2)oc1C. The van der Waals surface area contributed by atoms with Gasteiger partial charge in [-0.3, -0.25) is 0 Å². The number of nitrogens with zero attached hydrogens (tertiary/aromatic N) is 2. The van der Waals surface area contributed by atoms with E-state index in [0.717, 1.165) is 17.0 Å². The monoisotopic (exact) mass is 258 g/mol. The average Bonchev–Trinajstić information content (AvgIpc) is 2.71. The number of oxazole rings is 1. The minimum atomic E-state index is -0.135. The highest BCUT2D eigenvalue weighted by Gasteiger charge is 2.13. The quantitative estimate of drug-likeness (QED) is 0.785. The lowest BCUT2D eigenvalue weighted by Gasteiger charge is -2.06. The molecule has 0 saturated carbocycles. The van der Waals surface area contributed by atoms with Crippen molar-refractivity contribution in [2.45, 2.75) is 25.0 Å². The van der Waals surface area contributed by atoms with E-state index in [0.29, 0.717) is 11.0 Å². The predicted octanol–water partition coefficient (Wildman–Crippen LogP) is 3.69. The van der Waals surface area contributed by atoms with Gasteiger partial charge in [0.05, 0.1) is 17.7 Å². The zero-order valence-corrected chi connectivity index (χ0v) is 11.2. The first-order chi connectivity index (χ1) is 8.70. The fourth-order valence-electron chi connectivity index (χ4n) is 1.55. The third-order valence-corrected chi connectivity index (χ3v) is 3.66. The second-order valence-electron chi connectivity index (χ2n) is 4.02. The van der Waals surface area contributed by atoms with E-state index in [4.69, 9.17) is 4.42 Å². The molecule has 0 aliphatic carbocycles. The maximum Gasteiger partial charge on any atom is 0.256 e. The molecule has 0 radical (unpaired) electrons. The third-order valence-electron chi connectivity index (χ3n) is 2.74. The summed E-state index contributed by atoms with van der Waals surface area (Å²) in [5.74, 6) is 1.36. The number of benzene rings is 1.